The molecular weight excluding hydrogens is 277 g/mol. The number of carbonyl (C=O) groups is 2. The van der Waals surface area contributed by atoms with E-state index in [9.17, 15) is 22.8 Å². The summed E-state index contributed by atoms with van der Waals surface area (Å²) in [6.07, 6.45) is -4.62. The molecule has 0 heterocycles. The Bertz CT molecular complexity index is 515. The largest absolute Gasteiger partial charge is 0.468 e. The van der Waals surface area contributed by atoms with E-state index >= 15 is 0 Å². The molecule has 0 fully saturated rings. The Morgan fingerprint density at radius 2 is 1.95 bits per heavy atom. The minimum atomic E-state index is -4.62. The van der Waals surface area contributed by atoms with Crippen LogP contribution in [0.15, 0.2) is 18.2 Å². The molecule has 0 aromatic heterocycles. The molecular formula is C12H13F3N2O3. The zero-order chi connectivity index (χ0) is 15.3. The Morgan fingerprint density at radius 1 is 1.30 bits per heavy atom. The summed E-state index contributed by atoms with van der Waals surface area (Å²) >= 11 is 0. The van der Waals surface area contributed by atoms with Crippen LogP contribution in [0.25, 0.3) is 0 Å². The van der Waals surface area contributed by atoms with Gasteiger partial charge in [-0.15, -0.1) is 0 Å². The SMILES string of the molecule is COC(=O)CNc1ccc(NC(C)=O)cc1C(F)(F)F. The Balaban J connectivity index is 3.04. The normalized spacial score (nSPS) is 10.8. The number of benzene rings is 1. The second-order valence-corrected chi connectivity index (χ2v) is 3.87. The number of alkyl halides is 3. The number of amides is 1. The van der Waals surface area contributed by atoms with Crippen LogP contribution in [0.2, 0.25) is 0 Å². The zero-order valence-electron chi connectivity index (χ0n) is 10.8. The molecule has 0 unspecified atom stereocenters. The lowest BCUT2D eigenvalue weighted by atomic mass is 10.1. The van der Waals surface area contributed by atoms with E-state index in [1.807, 2.05) is 0 Å². The number of hydrogen-bond donors (Lipinski definition) is 2. The molecule has 0 bridgehead atoms. The van der Waals surface area contributed by atoms with Crippen LogP contribution < -0.4 is 10.6 Å². The van der Waals surface area contributed by atoms with Crippen LogP contribution in [-0.4, -0.2) is 25.5 Å². The molecule has 0 saturated carbocycles. The maximum absolute atomic E-state index is 12.9. The van der Waals surface area contributed by atoms with Crippen molar-refractivity contribution in [1.82, 2.24) is 0 Å². The number of carbonyl (C=O) groups excluding carboxylic acids is 2. The van der Waals surface area contributed by atoms with Crippen LogP contribution in [0.1, 0.15) is 12.5 Å². The lowest BCUT2D eigenvalue weighted by molar-refractivity contribution is -0.139. The lowest BCUT2D eigenvalue weighted by Crippen LogP contribution is -2.18. The van der Waals surface area contributed by atoms with Crippen molar-refractivity contribution >= 4 is 23.3 Å². The summed E-state index contributed by atoms with van der Waals surface area (Å²) in [5.74, 6) is -1.17. The first kappa shape index (κ1) is 15.8. The molecule has 1 aromatic rings. The number of esters is 1. The molecule has 110 valence electrons. The maximum Gasteiger partial charge on any atom is 0.418 e. The molecule has 20 heavy (non-hydrogen) atoms. The fraction of sp³-hybridized carbons (Fsp3) is 0.333. The van der Waals surface area contributed by atoms with Crippen molar-refractivity contribution in [2.75, 3.05) is 24.3 Å². The summed E-state index contributed by atoms with van der Waals surface area (Å²) in [5, 5.41) is 4.61. The van der Waals surface area contributed by atoms with Gasteiger partial charge in [0.25, 0.3) is 0 Å². The van der Waals surface area contributed by atoms with Gasteiger partial charge in [-0.3, -0.25) is 9.59 Å². The number of hydrogen-bond acceptors (Lipinski definition) is 4. The first-order chi connectivity index (χ1) is 9.24. The Kier molecular flexibility index (Phi) is 4.95. The van der Waals surface area contributed by atoms with Gasteiger partial charge >= 0.3 is 12.1 Å². The van der Waals surface area contributed by atoms with Crippen molar-refractivity contribution in [3.8, 4) is 0 Å². The van der Waals surface area contributed by atoms with Crippen LogP contribution in [0.4, 0.5) is 24.5 Å². The van der Waals surface area contributed by atoms with Crippen molar-refractivity contribution in [1.29, 1.82) is 0 Å². The fourth-order valence-corrected chi connectivity index (χ4v) is 1.45. The molecule has 8 heteroatoms. The minimum Gasteiger partial charge on any atom is -0.468 e. The van der Waals surface area contributed by atoms with Crippen LogP contribution in [0, 0.1) is 0 Å². The number of nitrogens with one attached hydrogen (secondary N) is 2. The molecule has 0 saturated heterocycles. The molecule has 0 radical (unpaired) electrons. The smallest absolute Gasteiger partial charge is 0.418 e. The van der Waals surface area contributed by atoms with E-state index < -0.39 is 23.6 Å². The van der Waals surface area contributed by atoms with Crippen molar-refractivity contribution in [2.24, 2.45) is 0 Å². The van der Waals surface area contributed by atoms with Gasteiger partial charge in [-0.25, -0.2) is 0 Å². The quantitative estimate of drug-likeness (QED) is 0.835. The molecule has 1 rings (SSSR count). The molecule has 0 aliphatic rings. The number of anilines is 2. The number of halogens is 3. The van der Waals surface area contributed by atoms with Gasteiger partial charge in [-0.2, -0.15) is 13.2 Å². The summed E-state index contributed by atoms with van der Waals surface area (Å²) in [7, 11) is 1.13. The van der Waals surface area contributed by atoms with E-state index in [1.165, 1.54) is 13.0 Å². The number of ether oxygens (including phenoxy) is 1. The van der Waals surface area contributed by atoms with Gasteiger partial charge in [-0.1, -0.05) is 0 Å². The highest BCUT2D eigenvalue weighted by Crippen LogP contribution is 2.36. The van der Waals surface area contributed by atoms with E-state index in [4.69, 9.17) is 0 Å². The summed E-state index contributed by atoms with van der Waals surface area (Å²) in [5.41, 5.74) is -1.22. The van der Waals surface area contributed by atoms with E-state index in [-0.39, 0.29) is 17.9 Å². The predicted molar refractivity (Wildman–Crippen MR) is 66.3 cm³/mol. The average molecular weight is 290 g/mol. The highest BCUT2D eigenvalue weighted by Gasteiger charge is 2.34. The van der Waals surface area contributed by atoms with Crippen LogP contribution in [-0.2, 0) is 20.5 Å². The first-order valence-corrected chi connectivity index (χ1v) is 5.53. The van der Waals surface area contributed by atoms with Gasteiger partial charge in [-0.05, 0) is 18.2 Å². The predicted octanol–water partition coefficient (Wildman–Crippen LogP) is 2.25. The number of methoxy groups -OCH3 is 1. The molecule has 1 aromatic carbocycles. The lowest BCUT2D eigenvalue weighted by Gasteiger charge is -2.15. The van der Waals surface area contributed by atoms with Gasteiger partial charge < -0.3 is 15.4 Å². The van der Waals surface area contributed by atoms with E-state index in [1.54, 1.807) is 0 Å². The van der Waals surface area contributed by atoms with Crippen LogP contribution in [0.5, 0.6) is 0 Å². The molecule has 0 atom stereocenters. The van der Waals surface area contributed by atoms with Gasteiger partial charge in [0.1, 0.15) is 6.54 Å². The Morgan fingerprint density at radius 3 is 2.45 bits per heavy atom. The highest BCUT2D eigenvalue weighted by atomic mass is 19.4. The van der Waals surface area contributed by atoms with E-state index in [0.29, 0.717) is 0 Å². The molecule has 0 aliphatic heterocycles. The molecule has 2 N–H and O–H groups in total. The second-order valence-electron chi connectivity index (χ2n) is 3.87. The third-order valence-electron chi connectivity index (χ3n) is 2.30. The third-order valence-corrected chi connectivity index (χ3v) is 2.30. The maximum atomic E-state index is 12.9. The number of rotatable bonds is 4. The Hall–Kier alpha value is -2.25. The van der Waals surface area contributed by atoms with E-state index in [2.05, 4.69) is 15.4 Å². The summed E-state index contributed by atoms with van der Waals surface area (Å²) < 4.78 is 43.0. The second kappa shape index (κ2) is 6.27. The van der Waals surface area contributed by atoms with Gasteiger partial charge in [0, 0.05) is 18.3 Å². The van der Waals surface area contributed by atoms with Gasteiger partial charge in [0.05, 0.1) is 12.7 Å². The van der Waals surface area contributed by atoms with Gasteiger partial charge in [0.2, 0.25) is 5.91 Å². The van der Waals surface area contributed by atoms with Crippen LogP contribution >= 0.6 is 0 Å². The molecule has 0 spiro atoms. The average Bonchev–Trinajstić information content (AvgIpc) is 2.34. The summed E-state index contributed by atoms with van der Waals surface area (Å²) in [6, 6.07) is 3.23. The zero-order valence-corrected chi connectivity index (χ0v) is 10.8. The third kappa shape index (κ3) is 4.45. The molecule has 5 nitrogen and oxygen atoms in total. The topological polar surface area (TPSA) is 67.4 Å². The molecule has 0 aliphatic carbocycles. The van der Waals surface area contributed by atoms with Gasteiger partial charge in [0.15, 0.2) is 0 Å². The monoisotopic (exact) mass is 290 g/mol. The molecule has 1 amide bonds. The van der Waals surface area contributed by atoms with Crippen molar-refractivity contribution < 1.29 is 27.5 Å². The minimum absolute atomic E-state index is 0.0217. The Labute approximate surface area is 113 Å². The van der Waals surface area contributed by atoms with Crippen molar-refractivity contribution in [2.45, 2.75) is 13.1 Å². The first-order valence-electron chi connectivity index (χ1n) is 5.53. The summed E-state index contributed by atoms with van der Waals surface area (Å²) in [4.78, 5) is 21.8. The van der Waals surface area contributed by atoms with Crippen molar-refractivity contribution in [3.63, 3.8) is 0 Å². The standard InChI is InChI=1S/C12H13F3N2O3/c1-7(18)17-8-3-4-10(16-6-11(19)20-2)9(5-8)12(13,14)15/h3-5,16H,6H2,1-2H3,(H,17,18). The van der Waals surface area contributed by atoms with Crippen molar-refractivity contribution in [3.05, 3.63) is 23.8 Å². The van der Waals surface area contributed by atoms with E-state index in [0.717, 1.165) is 19.2 Å². The fourth-order valence-electron chi connectivity index (χ4n) is 1.45. The highest BCUT2D eigenvalue weighted by molar-refractivity contribution is 5.89. The van der Waals surface area contributed by atoms with Crippen LogP contribution in [0.3, 0.4) is 0 Å². The summed E-state index contributed by atoms with van der Waals surface area (Å²) in [6.45, 7) is 0.801.